The largest absolute Gasteiger partial charge is 0.455 e. The van der Waals surface area contributed by atoms with Gasteiger partial charge in [-0.3, -0.25) is 9.59 Å². The lowest BCUT2D eigenvalue weighted by Gasteiger charge is -2.26. The van der Waals surface area contributed by atoms with Crippen LogP contribution in [0.3, 0.4) is 0 Å². The van der Waals surface area contributed by atoms with Gasteiger partial charge in [-0.15, -0.1) is 0 Å². The lowest BCUT2D eigenvalue weighted by atomic mass is 9.94. The summed E-state index contributed by atoms with van der Waals surface area (Å²) in [5, 5.41) is 6.05. The molecule has 4 N–H and O–H groups in total. The van der Waals surface area contributed by atoms with Gasteiger partial charge in [0.2, 0.25) is 11.9 Å². The van der Waals surface area contributed by atoms with Gasteiger partial charge in [0, 0.05) is 41.0 Å². The Morgan fingerprint density at radius 2 is 1.68 bits per heavy atom. The van der Waals surface area contributed by atoms with Crippen molar-refractivity contribution in [1.29, 1.82) is 0 Å². The maximum Gasteiger partial charge on any atom is 0.291 e. The second-order valence-corrected chi connectivity index (χ2v) is 10.8. The number of carbonyl (C=O) groups excluding carboxylic acids is 2. The fourth-order valence-corrected chi connectivity index (χ4v) is 4.40. The number of morpholine rings is 1. The molecule has 1 aliphatic heterocycles. The van der Waals surface area contributed by atoms with E-state index in [4.69, 9.17) is 14.9 Å². The fraction of sp³-hybridized carbons (Fsp3) is 0.300. The van der Waals surface area contributed by atoms with E-state index < -0.39 is 0 Å². The van der Waals surface area contributed by atoms with Gasteiger partial charge < -0.3 is 30.4 Å². The van der Waals surface area contributed by atoms with Crippen LogP contribution in [0.4, 0.5) is 23.3 Å². The number of aromatic nitrogens is 3. The van der Waals surface area contributed by atoms with Crippen molar-refractivity contribution < 1.29 is 18.7 Å². The number of amides is 2. The molecular formula is C30H33N7O4. The summed E-state index contributed by atoms with van der Waals surface area (Å²) in [6.45, 7) is 10.2. The molecule has 212 valence electrons. The highest BCUT2D eigenvalue weighted by atomic mass is 16.5. The molecule has 4 aromatic rings. The van der Waals surface area contributed by atoms with E-state index in [0.717, 1.165) is 11.3 Å². The smallest absolute Gasteiger partial charge is 0.291 e. The number of ether oxygens (including phenoxy) is 1. The number of nitrogens with zero attached hydrogens (tertiary/aromatic N) is 4. The van der Waals surface area contributed by atoms with Gasteiger partial charge in [-0.05, 0) is 55.0 Å². The third-order valence-corrected chi connectivity index (χ3v) is 6.73. The first-order valence-corrected chi connectivity index (χ1v) is 13.4. The minimum Gasteiger partial charge on any atom is -0.455 e. The summed E-state index contributed by atoms with van der Waals surface area (Å²) < 4.78 is 11.1. The van der Waals surface area contributed by atoms with E-state index in [-0.39, 0.29) is 34.9 Å². The van der Waals surface area contributed by atoms with Gasteiger partial charge in [0.1, 0.15) is 5.76 Å². The van der Waals surface area contributed by atoms with E-state index in [1.54, 1.807) is 47.4 Å². The van der Waals surface area contributed by atoms with Gasteiger partial charge in [0.25, 0.3) is 11.8 Å². The predicted octanol–water partition coefficient (Wildman–Crippen LogP) is 4.79. The van der Waals surface area contributed by atoms with Gasteiger partial charge in [0.15, 0.2) is 11.6 Å². The summed E-state index contributed by atoms with van der Waals surface area (Å²) in [5.41, 5.74) is 9.13. The third-order valence-electron chi connectivity index (χ3n) is 6.73. The zero-order valence-electron chi connectivity index (χ0n) is 23.5. The SMILES string of the molecule is Cc1c(NC(=O)c2ccc(C(C)(C)C)o2)cccc1-c1nc(N)nc(Nc2ccc(C(=O)N3CCOCC3)cc2)n1. The molecule has 0 saturated carbocycles. The number of nitrogen functional groups attached to an aromatic ring is 1. The average molecular weight is 556 g/mol. The molecule has 2 amide bonds. The summed E-state index contributed by atoms with van der Waals surface area (Å²) in [6, 6.07) is 16.0. The molecule has 5 rings (SSSR count). The Morgan fingerprint density at radius 1 is 0.951 bits per heavy atom. The van der Waals surface area contributed by atoms with Crippen molar-refractivity contribution >= 4 is 35.1 Å². The molecule has 0 aliphatic carbocycles. The first-order chi connectivity index (χ1) is 19.6. The normalized spacial score (nSPS) is 13.6. The van der Waals surface area contributed by atoms with Crippen LogP contribution in [0.15, 0.2) is 59.0 Å². The van der Waals surface area contributed by atoms with Gasteiger partial charge in [-0.1, -0.05) is 32.9 Å². The van der Waals surface area contributed by atoms with E-state index in [0.29, 0.717) is 54.6 Å². The average Bonchev–Trinajstić information content (AvgIpc) is 3.46. The number of hydrogen-bond donors (Lipinski definition) is 3. The van der Waals surface area contributed by atoms with Crippen LogP contribution in [0.1, 0.15) is 53.0 Å². The molecule has 11 nitrogen and oxygen atoms in total. The van der Waals surface area contributed by atoms with E-state index >= 15 is 0 Å². The molecule has 1 saturated heterocycles. The maximum atomic E-state index is 12.9. The van der Waals surface area contributed by atoms with Crippen LogP contribution < -0.4 is 16.4 Å². The molecule has 3 heterocycles. The van der Waals surface area contributed by atoms with Gasteiger partial charge >= 0.3 is 0 Å². The second-order valence-electron chi connectivity index (χ2n) is 10.8. The molecule has 2 aromatic carbocycles. The molecule has 41 heavy (non-hydrogen) atoms. The molecule has 1 aliphatic rings. The van der Waals surface area contributed by atoms with E-state index in [1.165, 1.54) is 0 Å². The summed E-state index contributed by atoms with van der Waals surface area (Å²) in [7, 11) is 0. The van der Waals surface area contributed by atoms with Crippen LogP contribution in [-0.2, 0) is 10.2 Å². The lowest BCUT2D eigenvalue weighted by molar-refractivity contribution is 0.0303. The van der Waals surface area contributed by atoms with Gasteiger partial charge in [-0.2, -0.15) is 15.0 Å². The molecule has 11 heteroatoms. The van der Waals surface area contributed by atoms with E-state index in [1.807, 2.05) is 39.8 Å². The molecule has 1 fully saturated rings. The Morgan fingerprint density at radius 3 is 2.37 bits per heavy atom. The number of carbonyl (C=O) groups is 2. The van der Waals surface area contributed by atoms with E-state index in [2.05, 4.69) is 25.6 Å². The Bertz CT molecular complexity index is 1570. The second kappa shape index (κ2) is 11.4. The standard InChI is InChI=1S/C30H33N7O4/c1-18-21(6-5-7-22(18)33-26(38)23-12-13-24(41-23)30(2,3)4)25-34-28(31)36-29(35-25)32-20-10-8-19(9-11-20)27(39)37-14-16-40-17-15-37/h5-13H,14-17H2,1-4H3,(H,33,38)(H3,31,32,34,35,36). The molecule has 0 spiro atoms. The highest BCUT2D eigenvalue weighted by Gasteiger charge is 2.22. The topological polar surface area (TPSA) is 148 Å². The van der Waals surface area contributed by atoms with Crippen LogP contribution in [0.2, 0.25) is 0 Å². The number of anilines is 4. The first kappa shape index (κ1) is 27.8. The minimum absolute atomic E-state index is 0.0318. The van der Waals surface area contributed by atoms with Crippen molar-refractivity contribution in [2.45, 2.75) is 33.1 Å². The monoisotopic (exact) mass is 555 g/mol. The zero-order chi connectivity index (χ0) is 29.1. The predicted molar refractivity (Wildman–Crippen MR) is 156 cm³/mol. The van der Waals surface area contributed by atoms with E-state index in [9.17, 15) is 9.59 Å². The van der Waals surface area contributed by atoms with Crippen LogP contribution in [0, 0.1) is 6.92 Å². The molecule has 0 atom stereocenters. The summed E-state index contributed by atoms with van der Waals surface area (Å²) in [5.74, 6) is 1.21. The maximum absolute atomic E-state index is 12.9. The molecule has 0 radical (unpaired) electrons. The van der Waals surface area contributed by atoms with Crippen molar-refractivity contribution in [3.63, 3.8) is 0 Å². The van der Waals surface area contributed by atoms with Gasteiger partial charge in [0.05, 0.1) is 13.2 Å². The van der Waals surface area contributed by atoms with Crippen molar-refractivity contribution in [2.24, 2.45) is 0 Å². The quantitative estimate of drug-likeness (QED) is 0.305. The Kier molecular flexibility index (Phi) is 7.71. The first-order valence-electron chi connectivity index (χ1n) is 13.4. The van der Waals surface area contributed by atoms with Crippen molar-refractivity contribution in [2.75, 3.05) is 42.7 Å². The van der Waals surface area contributed by atoms with Crippen LogP contribution >= 0.6 is 0 Å². The summed E-state index contributed by atoms with van der Waals surface area (Å²) in [4.78, 5) is 40.5. The number of furan rings is 1. The number of rotatable bonds is 6. The lowest BCUT2D eigenvalue weighted by Crippen LogP contribution is -2.40. The van der Waals surface area contributed by atoms with Crippen LogP contribution in [-0.4, -0.2) is 58.0 Å². The Labute approximate surface area is 238 Å². The number of hydrogen-bond acceptors (Lipinski definition) is 9. The fourth-order valence-electron chi connectivity index (χ4n) is 4.40. The Hall–Kier alpha value is -4.77. The molecule has 0 bridgehead atoms. The van der Waals surface area contributed by atoms with Gasteiger partial charge in [-0.25, -0.2) is 0 Å². The third kappa shape index (κ3) is 6.36. The highest BCUT2D eigenvalue weighted by Crippen LogP contribution is 2.29. The number of nitrogens with two attached hydrogens (primary N) is 1. The van der Waals surface area contributed by atoms with Crippen LogP contribution in [0.5, 0.6) is 0 Å². The zero-order valence-corrected chi connectivity index (χ0v) is 23.5. The molecule has 0 unspecified atom stereocenters. The van der Waals surface area contributed by atoms with Crippen molar-refractivity contribution in [3.8, 4) is 11.4 Å². The summed E-state index contributed by atoms with van der Waals surface area (Å²) in [6.07, 6.45) is 0. The number of nitrogens with one attached hydrogen (secondary N) is 2. The van der Waals surface area contributed by atoms with Crippen LogP contribution in [0.25, 0.3) is 11.4 Å². The Balaban J connectivity index is 1.33. The minimum atomic E-state index is -0.353. The van der Waals surface area contributed by atoms with Crippen molar-refractivity contribution in [1.82, 2.24) is 19.9 Å². The van der Waals surface area contributed by atoms with Crippen molar-refractivity contribution in [3.05, 3.63) is 77.2 Å². The molecule has 2 aromatic heterocycles. The summed E-state index contributed by atoms with van der Waals surface area (Å²) >= 11 is 0. The number of benzene rings is 2. The highest BCUT2D eigenvalue weighted by molar-refractivity contribution is 6.03. The molecular weight excluding hydrogens is 522 g/mol.